The van der Waals surface area contributed by atoms with E-state index in [-0.39, 0.29) is 18.9 Å². The molecule has 0 saturated heterocycles. The van der Waals surface area contributed by atoms with E-state index < -0.39 is 12.0 Å². The maximum Gasteiger partial charge on any atom is 0.326 e. The monoisotopic (exact) mass is 391 g/mol. The van der Waals surface area contributed by atoms with Crippen LogP contribution < -0.4 is 0 Å². The van der Waals surface area contributed by atoms with Crippen molar-refractivity contribution in [3.05, 3.63) is 50.8 Å². The molecule has 3 rings (SSSR count). The van der Waals surface area contributed by atoms with Crippen molar-refractivity contribution in [2.24, 2.45) is 7.05 Å². The maximum absolute atomic E-state index is 13.1. The molecule has 1 unspecified atom stereocenters. The van der Waals surface area contributed by atoms with Gasteiger partial charge in [-0.05, 0) is 31.0 Å². The number of hydrogen-bond donors (Lipinski definition) is 1. The zero-order chi connectivity index (χ0) is 17.6. The summed E-state index contributed by atoms with van der Waals surface area (Å²) in [5.41, 5.74) is 3.76. The second-order valence-corrected chi connectivity index (χ2v) is 6.89. The van der Waals surface area contributed by atoms with Crippen molar-refractivity contribution in [2.75, 3.05) is 0 Å². The predicted octanol–water partition coefficient (Wildman–Crippen LogP) is 2.45. The zero-order valence-corrected chi connectivity index (χ0v) is 15.3. The number of carbonyl (C=O) groups excluding carboxylic acids is 1. The Labute approximate surface area is 148 Å². The summed E-state index contributed by atoms with van der Waals surface area (Å²) in [6, 6.07) is 4.84. The van der Waals surface area contributed by atoms with E-state index in [1.165, 1.54) is 4.90 Å². The van der Waals surface area contributed by atoms with Gasteiger partial charge in [0.1, 0.15) is 6.04 Å². The molecule has 0 fully saturated rings. The Kier molecular flexibility index (Phi) is 4.21. The minimum atomic E-state index is -0.996. The molecule has 1 amide bonds. The Hall–Kier alpha value is -2.15. The lowest BCUT2D eigenvalue weighted by atomic mass is 9.93. The van der Waals surface area contributed by atoms with Crippen LogP contribution in [0.15, 0.2) is 22.7 Å². The molecule has 1 aliphatic heterocycles. The van der Waals surface area contributed by atoms with Crippen LogP contribution in [0.25, 0.3) is 0 Å². The Morgan fingerprint density at radius 1 is 1.33 bits per heavy atom. The third-order valence-corrected chi connectivity index (χ3v) is 5.34. The average Bonchev–Trinajstić information content (AvgIpc) is 2.78. The summed E-state index contributed by atoms with van der Waals surface area (Å²) < 4.78 is 2.53. The second-order valence-electron chi connectivity index (χ2n) is 6.04. The van der Waals surface area contributed by atoms with E-state index in [0.29, 0.717) is 11.3 Å². The molecule has 0 bridgehead atoms. The largest absolute Gasteiger partial charge is 0.480 e. The van der Waals surface area contributed by atoms with Crippen molar-refractivity contribution < 1.29 is 14.7 Å². The van der Waals surface area contributed by atoms with E-state index in [1.54, 1.807) is 18.7 Å². The van der Waals surface area contributed by atoms with Gasteiger partial charge in [-0.2, -0.15) is 5.10 Å². The highest BCUT2D eigenvalue weighted by Crippen LogP contribution is 2.31. The van der Waals surface area contributed by atoms with Crippen molar-refractivity contribution in [3.8, 4) is 0 Å². The molecule has 126 valence electrons. The number of fused-ring (bicyclic) bond motifs is 1. The zero-order valence-electron chi connectivity index (χ0n) is 13.7. The molecular weight excluding hydrogens is 374 g/mol. The number of rotatable bonds is 2. The molecule has 24 heavy (non-hydrogen) atoms. The van der Waals surface area contributed by atoms with Gasteiger partial charge in [-0.3, -0.25) is 9.48 Å². The van der Waals surface area contributed by atoms with Gasteiger partial charge >= 0.3 is 5.97 Å². The van der Waals surface area contributed by atoms with Gasteiger partial charge in [-0.1, -0.05) is 28.1 Å². The van der Waals surface area contributed by atoms with Gasteiger partial charge in [0, 0.05) is 30.2 Å². The Morgan fingerprint density at radius 3 is 2.62 bits per heavy atom. The lowest BCUT2D eigenvalue weighted by molar-refractivity contribution is -0.142. The summed E-state index contributed by atoms with van der Waals surface area (Å²) >= 11 is 3.48. The standard InChI is InChI=1S/C17H18BrN3O3/c1-9-15(10(2)20(3)19-9)16(22)21-8-11-5-4-6-13(18)12(11)7-14(21)17(23)24/h4-6,14H,7-8H2,1-3H3,(H,23,24). The third kappa shape index (κ3) is 2.62. The molecule has 7 heteroatoms. The highest BCUT2D eigenvalue weighted by atomic mass is 79.9. The summed E-state index contributed by atoms with van der Waals surface area (Å²) in [5, 5.41) is 13.9. The quantitative estimate of drug-likeness (QED) is 0.852. The fourth-order valence-electron chi connectivity index (χ4n) is 3.24. The van der Waals surface area contributed by atoms with Crippen LogP contribution in [0, 0.1) is 13.8 Å². The number of hydrogen-bond acceptors (Lipinski definition) is 3. The highest BCUT2D eigenvalue weighted by molar-refractivity contribution is 9.10. The molecule has 1 aliphatic rings. The van der Waals surface area contributed by atoms with Gasteiger partial charge in [-0.25, -0.2) is 4.79 Å². The summed E-state index contributed by atoms with van der Waals surface area (Å²) in [4.78, 5) is 26.3. The van der Waals surface area contributed by atoms with E-state index in [2.05, 4.69) is 21.0 Å². The smallest absolute Gasteiger partial charge is 0.326 e. The van der Waals surface area contributed by atoms with E-state index in [0.717, 1.165) is 21.3 Å². The molecule has 0 spiro atoms. The fourth-order valence-corrected chi connectivity index (χ4v) is 3.81. The van der Waals surface area contributed by atoms with Crippen LogP contribution >= 0.6 is 15.9 Å². The lowest BCUT2D eigenvalue weighted by Gasteiger charge is -2.35. The topological polar surface area (TPSA) is 75.4 Å². The van der Waals surface area contributed by atoms with Crippen LogP contribution in [0.5, 0.6) is 0 Å². The van der Waals surface area contributed by atoms with Crippen LogP contribution in [-0.4, -0.2) is 37.7 Å². The van der Waals surface area contributed by atoms with Crippen molar-refractivity contribution in [3.63, 3.8) is 0 Å². The molecule has 2 aromatic rings. The highest BCUT2D eigenvalue weighted by Gasteiger charge is 2.37. The Morgan fingerprint density at radius 2 is 2.04 bits per heavy atom. The molecule has 6 nitrogen and oxygen atoms in total. The van der Waals surface area contributed by atoms with E-state index in [1.807, 2.05) is 25.1 Å². The van der Waals surface area contributed by atoms with Crippen molar-refractivity contribution in [1.82, 2.24) is 14.7 Å². The third-order valence-electron chi connectivity index (χ3n) is 4.60. The van der Waals surface area contributed by atoms with Gasteiger partial charge in [0.2, 0.25) is 0 Å². The molecule has 0 radical (unpaired) electrons. The Bertz CT molecular complexity index is 844. The number of nitrogens with zero attached hydrogens (tertiary/aromatic N) is 3. The number of carboxylic acids is 1. The van der Waals surface area contributed by atoms with Crippen molar-refractivity contribution in [1.29, 1.82) is 0 Å². The molecule has 1 aromatic heterocycles. The molecule has 1 atom stereocenters. The van der Waals surface area contributed by atoms with Crippen LogP contribution in [0.4, 0.5) is 0 Å². The fraction of sp³-hybridized carbons (Fsp3) is 0.353. The molecule has 1 aromatic carbocycles. The first-order valence-electron chi connectivity index (χ1n) is 7.61. The van der Waals surface area contributed by atoms with Crippen molar-refractivity contribution in [2.45, 2.75) is 32.9 Å². The first kappa shape index (κ1) is 16.7. The predicted molar refractivity (Wildman–Crippen MR) is 91.8 cm³/mol. The molecule has 0 aliphatic carbocycles. The SMILES string of the molecule is Cc1nn(C)c(C)c1C(=O)N1Cc2cccc(Br)c2CC1C(=O)O. The van der Waals surface area contributed by atoms with Gasteiger partial charge in [-0.15, -0.1) is 0 Å². The average molecular weight is 392 g/mol. The van der Waals surface area contributed by atoms with Crippen LogP contribution in [-0.2, 0) is 24.8 Å². The van der Waals surface area contributed by atoms with Crippen molar-refractivity contribution >= 4 is 27.8 Å². The first-order chi connectivity index (χ1) is 11.3. The van der Waals surface area contributed by atoms with Crippen LogP contribution in [0.1, 0.15) is 32.9 Å². The number of benzene rings is 1. The first-order valence-corrected chi connectivity index (χ1v) is 8.40. The van der Waals surface area contributed by atoms with E-state index in [4.69, 9.17) is 0 Å². The summed E-state index contributed by atoms with van der Waals surface area (Å²) in [6.45, 7) is 3.86. The summed E-state index contributed by atoms with van der Waals surface area (Å²) in [6.07, 6.45) is 0.288. The van der Waals surface area contributed by atoms with Crippen LogP contribution in [0.3, 0.4) is 0 Å². The van der Waals surface area contributed by atoms with Gasteiger partial charge in [0.05, 0.1) is 11.3 Å². The minimum Gasteiger partial charge on any atom is -0.480 e. The Balaban J connectivity index is 2.05. The molecule has 1 N–H and O–H groups in total. The lowest BCUT2D eigenvalue weighted by Crippen LogP contribution is -2.49. The van der Waals surface area contributed by atoms with E-state index in [9.17, 15) is 14.7 Å². The molecular formula is C17H18BrN3O3. The number of carbonyl (C=O) groups is 2. The van der Waals surface area contributed by atoms with Gasteiger partial charge in [0.15, 0.2) is 0 Å². The summed E-state index contributed by atoms with van der Waals surface area (Å²) in [7, 11) is 1.77. The van der Waals surface area contributed by atoms with Gasteiger partial charge < -0.3 is 10.0 Å². The molecule has 0 saturated carbocycles. The number of aliphatic carboxylic acids is 1. The number of carboxylic acid groups (broad SMARTS) is 1. The van der Waals surface area contributed by atoms with Crippen LogP contribution in [0.2, 0.25) is 0 Å². The number of amides is 1. The minimum absolute atomic E-state index is 0.276. The second kappa shape index (κ2) is 6.05. The normalized spacial score (nSPS) is 16.8. The van der Waals surface area contributed by atoms with Gasteiger partial charge in [0.25, 0.3) is 5.91 Å². The van der Waals surface area contributed by atoms with E-state index >= 15 is 0 Å². The number of aryl methyl sites for hydroxylation is 2. The summed E-state index contributed by atoms with van der Waals surface area (Å²) in [5.74, 6) is -1.28. The molecule has 2 heterocycles. The number of halogens is 1. The maximum atomic E-state index is 13.1. The number of aromatic nitrogens is 2.